The van der Waals surface area contributed by atoms with Crippen molar-refractivity contribution < 1.29 is 77.0 Å². The van der Waals surface area contributed by atoms with Gasteiger partial charge in [0.1, 0.15) is 72.3 Å². The van der Waals surface area contributed by atoms with Gasteiger partial charge in [-0.05, 0) is 134 Å². The lowest BCUT2D eigenvalue weighted by atomic mass is 9.99. The van der Waals surface area contributed by atoms with E-state index in [0.717, 1.165) is 10.8 Å². The highest BCUT2D eigenvalue weighted by Crippen LogP contribution is 2.24. The first-order valence-electron chi connectivity index (χ1n) is 39.4. The Morgan fingerprint density at radius 3 is 1.64 bits per heavy atom. The molecule has 1 unspecified atom stereocenters. The number of carbonyl (C=O) groups is 15. The SMILES string of the molecule is CC(=O)N[C@H](Cc1ccc2ccccc2c1)C(=O)N[C@H](Cc1ccc(Cl)cc1)C(=O)N[C@@H](C(=O)N[C@@H](CO)C(=O)N[C@@H](Cc1ccc(NC(=O)[C@@H]2CC(=O)NC(=O)N2)cc1)C(=O)N[C@H](Cc1ccc(NC(N)=O)cc1)C(=O)N[C@@H](CC(C)C)C(=O)N[C@@H](CCCCNC(C)C)C(=O)N1CCC[C@H]1C(=O)N[C@H](C)C(N)=O)C(C)NCc1ncc[nH]1. The van der Waals surface area contributed by atoms with Gasteiger partial charge in [-0.15, -0.1) is 0 Å². The highest BCUT2D eigenvalue weighted by molar-refractivity contribution is 6.30. The quantitative estimate of drug-likeness (QED) is 0.0235. The minimum absolute atomic E-state index is 0.00312. The molecular weight excluding hydrogens is 1560 g/mol. The number of primary amides is 2. The van der Waals surface area contributed by atoms with Crippen LogP contribution in [0.3, 0.4) is 0 Å². The number of urea groups is 2. The number of likely N-dealkylation sites (tertiary alicyclic amines) is 1. The number of aliphatic hydroxyl groups is 1. The third kappa shape index (κ3) is 29.0. The second-order valence-electron chi connectivity index (χ2n) is 30.3. The van der Waals surface area contributed by atoms with Crippen molar-refractivity contribution in [3.63, 3.8) is 0 Å². The molecule has 6 aromatic rings. The zero-order valence-electron chi connectivity index (χ0n) is 67.3. The topological polar surface area (TPSA) is 541 Å². The van der Waals surface area contributed by atoms with Crippen LogP contribution in [0.15, 0.2) is 128 Å². The van der Waals surface area contributed by atoms with E-state index < -0.39 is 174 Å². The molecule has 17 amide bonds. The fourth-order valence-electron chi connectivity index (χ4n) is 13.6. The Bertz CT molecular complexity index is 4560. The summed E-state index contributed by atoms with van der Waals surface area (Å²) in [4.78, 5) is 217. The van der Waals surface area contributed by atoms with E-state index >= 15 is 24.0 Å². The van der Waals surface area contributed by atoms with Crippen molar-refractivity contribution in [2.75, 3.05) is 30.3 Å². The number of unbranched alkanes of at least 4 members (excludes halogenated alkanes) is 1. The number of nitrogens with two attached hydrogens (primary N) is 2. The fourth-order valence-corrected chi connectivity index (χ4v) is 13.7. The lowest BCUT2D eigenvalue weighted by Crippen LogP contribution is -2.64. The number of aliphatic hydroxyl groups excluding tert-OH is 1. The summed E-state index contributed by atoms with van der Waals surface area (Å²) in [6.07, 6.45) is 3.44. The highest BCUT2D eigenvalue weighted by Gasteiger charge is 2.41. The Labute approximate surface area is 693 Å². The number of aromatic nitrogens is 2. The van der Waals surface area contributed by atoms with E-state index in [1.165, 1.54) is 80.4 Å². The van der Waals surface area contributed by atoms with Crippen LogP contribution in [0.1, 0.15) is 121 Å². The van der Waals surface area contributed by atoms with Gasteiger partial charge in [-0.3, -0.25) is 67.6 Å². The Morgan fingerprint density at radius 2 is 1.09 bits per heavy atom. The second-order valence-corrected chi connectivity index (χ2v) is 30.8. The zero-order chi connectivity index (χ0) is 86.6. The summed E-state index contributed by atoms with van der Waals surface area (Å²) in [6, 6.07) is 12.9. The van der Waals surface area contributed by atoms with E-state index in [4.69, 9.17) is 23.1 Å². The summed E-state index contributed by atoms with van der Waals surface area (Å²) in [5.41, 5.74) is 13.1. The molecule has 638 valence electrons. The van der Waals surface area contributed by atoms with Crippen molar-refractivity contribution in [1.29, 1.82) is 0 Å². The van der Waals surface area contributed by atoms with Gasteiger partial charge in [-0.2, -0.15) is 0 Å². The van der Waals surface area contributed by atoms with Crippen molar-refractivity contribution in [3.8, 4) is 0 Å². The van der Waals surface area contributed by atoms with Gasteiger partial charge in [0.2, 0.25) is 76.8 Å². The van der Waals surface area contributed by atoms with Gasteiger partial charge in [0.15, 0.2) is 0 Å². The predicted molar refractivity (Wildman–Crippen MR) is 441 cm³/mol. The van der Waals surface area contributed by atoms with Gasteiger partial charge >= 0.3 is 12.1 Å². The number of hydrogen-bond acceptors (Lipinski definition) is 19. The van der Waals surface area contributed by atoms with Crippen molar-refractivity contribution in [2.24, 2.45) is 17.4 Å². The molecule has 0 spiro atoms. The zero-order valence-corrected chi connectivity index (χ0v) is 68.1. The molecule has 0 aliphatic carbocycles. The van der Waals surface area contributed by atoms with Crippen molar-refractivity contribution in [3.05, 3.63) is 161 Å². The van der Waals surface area contributed by atoms with Gasteiger partial charge < -0.3 is 101 Å². The maximum Gasteiger partial charge on any atom is 0.322 e. The number of hydrogen-bond donors (Lipinski definition) is 19. The van der Waals surface area contributed by atoms with Crippen molar-refractivity contribution >= 4 is 123 Å². The number of fused-ring (bicyclic) bond motifs is 1. The summed E-state index contributed by atoms with van der Waals surface area (Å²) >= 11 is 6.28. The summed E-state index contributed by atoms with van der Waals surface area (Å²) in [5.74, 6) is -10.7. The third-order valence-electron chi connectivity index (χ3n) is 19.9. The molecule has 2 aliphatic heterocycles. The third-order valence-corrected chi connectivity index (χ3v) is 20.1. The Kier molecular flexibility index (Phi) is 34.7. The maximum atomic E-state index is 15.5. The van der Waals surface area contributed by atoms with E-state index in [9.17, 15) is 53.1 Å². The molecule has 0 saturated carbocycles. The van der Waals surface area contributed by atoms with E-state index in [1.54, 1.807) is 44.3 Å². The summed E-state index contributed by atoms with van der Waals surface area (Å²) in [6.45, 7) is 11.2. The number of carbonyl (C=O) groups excluding carboxylic acids is 15. The number of nitrogens with zero attached hydrogens (tertiary/aromatic N) is 2. The van der Waals surface area contributed by atoms with Crippen LogP contribution in [0.4, 0.5) is 21.0 Å². The van der Waals surface area contributed by atoms with E-state index in [0.29, 0.717) is 53.3 Å². The number of H-pyrrole nitrogens is 1. The molecule has 119 heavy (non-hydrogen) atoms. The van der Waals surface area contributed by atoms with Crippen LogP contribution in [0.5, 0.6) is 0 Å². The molecule has 5 aromatic carbocycles. The molecular formula is C82H107ClN20O16. The molecule has 36 nitrogen and oxygen atoms in total. The van der Waals surface area contributed by atoms with E-state index in [2.05, 4.69) is 89.7 Å². The highest BCUT2D eigenvalue weighted by atomic mass is 35.5. The summed E-state index contributed by atoms with van der Waals surface area (Å²) < 4.78 is 0. The number of rotatable bonds is 43. The maximum absolute atomic E-state index is 15.5. The van der Waals surface area contributed by atoms with Crippen molar-refractivity contribution in [1.82, 2.24) is 84.0 Å². The Hall–Kier alpha value is -12.4. The molecule has 0 bridgehead atoms. The van der Waals surface area contributed by atoms with Crippen LogP contribution in [0, 0.1) is 5.92 Å². The second kappa shape index (κ2) is 44.8. The van der Waals surface area contributed by atoms with Crippen molar-refractivity contribution in [2.45, 2.75) is 204 Å². The molecule has 3 heterocycles. The van der Waals surface area contributed by atoms with Crippen LogP contribution < -0.4 is 91.2 Å². The van der Waals surface area contributed by atoms with Gasteiger partial charge in [0.05, 0.1) is 19.6 Å². The number of imidazole rings is 1. The van der Waals surface area contributed by atoms with Crippen LogP contribution in [-0.4, -0.2) is 207 Å². The number of amides is 17. The van der Waals surface area contributed by atoms with Crippen LogP contribution in [-0.2, 0) is 94.6 Å². The molecule has 0 radical (unpaired) electrons. The predicted octanol–water partition coefficient (Wildman–Crippen LogP) is 0.778. The van der Waals surface area contributed by atoms with Gasteiger partial charge in [0, 0.05) is 80.0 Å². The van der Waals surface area contributed by atoms with Gasteiger partial charge in [0.25, 0.3) is 0 Å². The molecule has 2 fully saturated rings. The smallest absolute Gasteiger partial charge is 0.322 e. The molecule has 1 aromatic heterocycles. The number of aromatic amines is 1. The standard InChI is InChI=1S/C82H107ClN20O16/c1-44(2)35-59(72(109)94-58(15-10-11-31-86-45(3)4)80(117)103-34-12-16-66(103)78(115)90-47(6)70(84)107)95-74(111)61(38-51-22-29-57(30-23-51)93-81(85)118)96-75(112)62(39-50-20-27-56(28-21-50)92-71(108)64-41-68(106)101-82(119)100-64)98-77(114)65(43-104)99-79(116)69(46(5)89-42-67-87-32-33-88-67)102-76(113)63(37-49-18-25-55(83)26-19-49)97-73(110)60(91-48(7)105)40-52-17-24-53-13-8-9-14-54(53)36-52/h8-9,13-14,17-30,32-33,36,44-47,58-66,69,86,89,104H,10-12,15-16,31,34-35,37-43H2,1-7H3,(H2,84,107)(H,87,88)(H,90,115)(H,91,105)(H,92,108)(H,94,109)(H,95,111)(H,96,112)(H,97,110)(H,98,114)(H,99,116)(H,102,113)(H3,85,93,118)(H2,100,101,106,119)/t46?,47-,58+,59+,60-,61-,62+,63-,64+,65+,66+,69-/m1/s1. The number of anilines is 2. The molecule has 12 atom stereocenters. The number of imide groups is 1. The fraction of sp³-hybridized carbons (Fsp3) is 0.439. The Balaban J connectivity index is 1.11. The van der Waals surface area contributed by atoms with E-state index in [1.807, 2.05) is 56.3 Å². The normalized spacial score (nSPS) is 16.4. The van der Waals surface area contributed by atoms with Gasteiger partial charge in [-0.25, -0.2) is 14.6 Å². The minimum Gasteiger partial charge on any atom is -0.394 e. The molecule has 8 rings (SSSR count). The summed E-state index contributed by atoms with van der Waals surface area (Å²) in [5, 5.41) is 53.6. The van der Waals surface area contributed by atoms with Crippen LogP contribution in [0.2, 0.25) is 5.02 Å². The van der Waals surface area contributed by atoms with E-state index in [-0.39, 0.29) is 86.9 Å². The van der Waals surface area contributed by atoms with Gasteiger partial charge in [-0.1, -0.05) is 118 Å². The first-order chi connectivity index (χ1) is 56.7. The largest absolute Gasteiger partial charge is 0.394 e. The lowest BCUT2D eigenvalue weighted by Gasteiger charge is -2.31. The lowest BCUT2D eigenvalue weighted by molar-refractivity contribution is -0.142. The van der Waals surface area contributed by atoms with Crippen LogP contribution in [0.25, 0.3) is 10.8 Å². The average molecular weight is 1660 g/mol. The molecule has 37 heteroatoms. The minimum atomic E-state index is -1.94. The van der Waals surface area contributed by atoms with Crippen LogP contribution >= 0.6 is 11.6 Å². The molecule has 2 saturated heterocycles. The first-order valence-corrected chi connectivity index (χ1v) is 39.8. The molecule has 21 N–H and O–H groups in total. The summed E-state index contributed by atoms with van der Waals surface area (Å²) in [7, 11) is 0. The average Bonchev–Trinajstić information content (AvgIpc) is 1.77. The number of halogens is 1. The molecule has 2 aliphatic rings. The number of nitrogens with one attached hydrogen (secondary N) is 16. The first kappa shape index (κ1) is 92.1. The Morgan fingerprint density at radius 1 is 0.571 bits per heavy atom. The number of benzene rings is 5. The monoisotopic (exact) mass is 1660 g/mol.